The lowest BCUT2D eigenvalue weighted by Crippen LogP contribution is -2.14. The van der Waals surface area contributed by atoms with Crippen molar-refractivity contribution >= 4 is 22.5 Å². The topological polar surface area (TPSA) is 86.8 Å². The molecule has 0 aliphatic rings. The third-order valence-corrected chi connectivity index (χ3v) is 4.71. The number of pyridine rings is 2. The highest BCUT2D eigenvalue weighted by Gasteiger charge is 2.32. The molecule has 10 heteroatoms. The number of fused-ring (bicyclic) bond motifs is 1. The second-order valence-electron chi connectivity index (χ2n) is 7.53. The third kappa shape index (κ3) is 4.59. The van der Waals surface area contributed by atoms with Gasteiger partial charge in [0.25, 0.3) is 5.91 Å². The Morgan fingerprint density at radius 2 is 1.91 bits per heavy atom. The molecule has 2 N–H and O–H groups in total. The summed E-state index contributed by atoms with van der Waals surface area (Å²) in [6, 6.07) is 9.56. The molecule has 0 aliphatic heterocycles. The summed E-state index contributed by atoms with van der Waals surface area (Å²) in [5, 5.41) is 9.84. The van der Waals surface area contributed by atoms with E-state index in [4.69, 9.17) is 0 Å². The molecule has 0 bridgehead atoms. The predicted octanol–water partition coefficient (Wildman–Crippen LogP) is 4.35. The summed E-state index contributed by atoms with van der Waals surface area (Å²) in [5.41, 5.74) is 2.34. The predicted molar refractivity (Wildman–Crippen MR) is 114 cm³/mol. The van der Waals surface area contributed by atoms with Crippen molar-refractivity contribution in [3.63, 3.8) is 0 Å². The van der Waals surface area contributed by atoms with E-state index in [9.17, 15) is 18.0 Å². The first-order chi connectivity index (χ1) is 15.2. The largest absolute Gasteiger partial charge is 0.433 e. The van der Waals surface area contributed by atoms with Gasteiger partial charge in [0, 0.05) is 41.8 Å². The minimum atomic E-state index is -4.61. The van der Waals surface area contributed by atoms with E-state index in [0.717, 1.165) is 35.5 Å². The molecule has 0 saturated carbocycles. The molecule has 0 atom stereocenters. The van der Waals surface area contributed by atoms with Crippen LogP contribution in [0.1, 0.15) is 21.7 Å². The van der Waals surface area contributed by atoms with Crippen molar-refractivity contribution in [2.75, 3.05) is 19.4 Å². The molecule has 0 unspecified atom stereocenters. The molecule has 3 heterocycles. The summed E-state index contributed by atoms with van der Waals surface area (Å²) in [6.07, 6.45) is -0.0881. The maximum Gasteiger partial charge on any atom is 0.433 e. The van der Waals surface area contributed by atoms with Crippen molar-refractivity contribution in [1.82, 2.24) is 25.1 Å². The average Bonchev–Trinajstić information content (AvgIpc) is 3.16. The van der Waals surface area contributed by atoms with E-state index in [1.165, 1.54) is 6.07 Å². The summed E-state index contributed by atoms with van der Waals surface area (Å²) in [7, 11) is 3.94. The van der Waals surface area contributed by atoms with Gasteiger partial charge in [-0.25, -0.2) is 0 Å². The maximum atomic E-state index is 12.9. The second kappa shape index (κ2) is 8.39. The molecule has 1 amide bonds. The Kier molecular flexibility index (Phi) is 5.62. The SMILES string of the molecule is CN(C)Cc1cncc(-c2ccc3[nH]nc(C(=O)Nc4ccnc(C(F)(F)F)c4)c3c2)c1. The van der Waals surface area contributed by atoms with Crippen LogP contribution in [0.4, 0.5) is 18.9 Å². The number of hydrogen-bond donors (Lipinski definition) is 2. The minimum absolute atomic E-state index is 0.0229. The normalized spacial score (nSPS) is 11.8. The monoisotopic (exact) mass is 440 g/mol. The molecule has 1 aromatic carbocycles. The van der Waals surface area contributed by atoms with Crippen molar-refractivity contribution in [3.8, 4) is 11.1 Å². The highest BCUT2D eigenvalue weighted by Crippen LogP contribution is 2.29. The number of rotatable bonds is 5. The van der Waals surface area contributed by atoms with E-state index in [-0.39, 0.29) is 11.4 Å². The highest BCUT2D eigenvalue weighted by molar-refractivity contribution is 6.11. The van der Waals surface area contributed by atoms with Crippen LogP contribution in [0.2, 0.25) is 0 Å². The number of carbonyl (C=O) groups is 1. The highest BCUT2D eigenvalue weighted by atomic mass is 19.4. The quantitative estimate of drug-likeness (QED) is 0.482. The molecule has 4 aromatic rings. The van der Waals surface area contributed by atoms with Crippen molar-refractivity contribution in [1.29, 1.82) is 0 Å². The summed E-state index contributed by atoms with van der Waals surface area (Å²) < 4.78 is 38.7. The molecule has 0 fully saturated rings. The number of amides is 1. The fourth-order valence-corrected chi connectivity index (χ4v) is 3.32. The van der Waals surface area contributed by atoms with Crippen molar-refractivity contribution in [2.45, 2.75) is 12.7 Å². The molecule has 0 spiro atoms. The molecule has 32 heavy (non-hydrogen) atoms. The molecule has 164 valence electrons. The van der Waals surface area contributed by atoms with Crippen molar-refractivity contribution in [3.05, 3.63) is 71.9 Å². The first-order valence-electron chi connectivity index (χ1n) is 9.62. The molecule has 0 aliphatic carbocycles. The molecule has 4 rings (SSSR count). The molecule has 0 radical (unpaired) electrons. The van der Waals surface area contributed by atoms with E-state index >= 15 is 0 Å². The average molecular weight is 440 g/mol. The molecular weight excluding hydrogens is 421 g/mol. The summed E-state index contributed by atoms with van der Waals surface area (Å²) in [6.45, 7) is 0.730. The number of aromatic nitrogens is 4. The van der Waals surface area contributed by atoms with Gasteiger partial charge in [-0.2, -0.15) is 18.3 Å². The lowest BCUT2D eigenvalue weighted by molar-refractivity contribution is -0.141. The van der Waals surface area contributed by atoms with Gasteiger partial charge in [-0.3, -0.25) is 19.9 Å². The molecule has 3 aromatic heterocycles. The standard InChI is InChI=1S/C22H19F3N6O/c1-31(2)12-13-7-15(11-26-10-13)14-3-4-18-17(8-14)20(30-29-18)21(32)28-16-5-6-27-19(9-16)22(23,24)25/h3-11H,12H2,1-2H3,(H,29,30)(H,27,28,32). The van der Waals surface area contributed by atoms with E-state index in [1.54, 1.807) is 24.5 Å². The first kappa shape index (κ1) is 21.4. The van der Waals surface area contributed by atoms with Gasteiger partial charge in [0.15, 0.2) is 5.69 Å². The molecule has 0 saturated heterocycles. The van der Waals surface area contributed by atoms with E-state index in [2.05, 4.69) is 25.5 Å². The number of anilines is 1. The van der Waals surface area contributed by atoms with Gasteiger partial charge in [-0.1, -0.05) is 6.07 Å². The van der Waals surface area contributed by atoms with Gasteiger partial charge >= 0.3 is 6.18 Å². The van der Waals surface area contributed by atoms with Gasteiger partial charge in [0.2, 0.25) is 0 Å². The lowest BCUT2D eigenvalue weighted by atomic mass is 10.0. The number of nitrogens with one attached hydrogen (secondary N) is 2. The first-order valence-corrected chi connectivity index (χ1v) is 9.62. The summed E-state index contributed by atoms with van der Waals surface area (Å²) >= 11 is 0. The minimum Gasteiger partial charge on any atom is -0.320 e. The van der Waals surface area contributed by atoms with E-state index in [1.807, 2.05) is 31.1 Å². The van der Waals surface area contributed by atoms with E-state index in [0.29, 0.717) is 10.9 Å². The maximum absolute atomic E-state index is 12.9. The number of aromatic amines is 1. The zero-order valence-corrected chi connectivity index (χ0v) is 17.2. The fraction of sp³-hybridized carbons (Fsp3) is 0.182. The number of benzene rings is 1. The van der Waals surface area contributed by atoms with Gasteiger partial charge in [-0.15, -0.1) is 0 Å². The number of hydrogen-bond acceptors (Lipinski definition) is 5. The number of carbonyl (C=O) groups excluding carboxylic acids is 1. The van der Waals surface area contributed by atoms with Crippen LogP contribution in [0, 0.1) is 0 Å². The number of halogens is 3. The molecular formula is C22H19F3N6O. The Morgan fingerprint density at radius 1 is 1.09 bits per heavy atom. The van der Waals surface area contributed by atoms with Crippen LogP contribution in [0.25, 0.3) is 22.0 Å². The van der Waals surface area contributed by atoms with Crippen LogP contribution in [0.15, 0.2) is 55.0 Å². The number of nitrogens with zero attached hydrogens (tertiary/aromatic N) is 4. The fourth-order valence-electron chi connectivity index (χ4n) is 3.32. The van der Waals surface area contributed by atoms with Crippen LogP contribution in [0.5, 0.6) is 0 Å². The zero-order valence-electron chi connectivity index (χ0n) is 17.2. The van der Waals surface area contributed by atoms with Crippen molar-refractivity contribution in [2.24, 2.45) is 0 Å². The summed E-state index contributed by atoms with van der Waals surface area (Å²) in [5.74, 6) is -0.632. The second-order valence-corrected chi connectivity index (χ2v) is 7.53. The Labute approximate surface area is 181 Å². The zero-order chi connectivity index (χ0) is 22.9. The number of H-pyrrole nitrogens is 1. The Morgan fingerprint density at radius 3 is 2.66 bits per heavy atom. The lowest BCUT2D eigenvalue weighted by Gasteiger charge is -2.10. The van der Waals surface area contributed by atoms with Crippen LogP contribution < -0.4 is 5.32 Å². The van der Waals surface area contributed by atoms with Crippen molar-refractivity contribution < 1.29 is 18.0 Å². The summed E-state index contributed by atoms with van der Waals surface area (Å²) in [4.78, 5) is 22.4. The van der Waals surface area contributed by atoms with Crippen LogP contribution in [0.3, 0.4) is 0 Å². The Hall–Kier alpha value is -3.79. The van der Waals surface area contributed by atoms with Crippen LogP contribution >= 0.6 is 0 Å². The smallest absolute Gasteiger partial charge is 0.320 e. The van der Waals surface area contributed by atoms with Crippen LogP contribution in [-0.4, -0.2) is 45.1 Å². The third-order valence-electron chi connectivity index (χ3n) is 4.71. The van der Waals surface area contributed by atoms with Gasteiger partial charge < -0.3 is 10.2 Å². The van der Waals surface area contributed by atoms with Gasteiger partial charge in [0.05, 0.1) is 5.52 Å². The number of alkyl halides is 3. The van der Waals surface area contributed by atoms with E-state index < -0.39 is 17.8 Å². The molecule has 7 nitrogen and oxygen atoms in total. The Balaban J connectivity index is 1.64. The van der Waals surface area contributed by atoms with Gasteiger partial charge in [-0.05, 0) is 55.6 Å². The van der Waals surface area contributed by atoms with Gasteiger partial charge in [0.1, 0.15) is 5.69 Å². The van der Waals surface area contributed by atoms with Crippen LogP contribution in [-0.2, 0) is 12.7 Å². The Bertz CT molecular complexity index is 1280.